The molecule has 4 bridgehead atoms. The van der Waals surface area contributed by atoms with Gasteiger partial charge in [0.1, 0.15) is 29.7 Å². The largest absolute Gasteiger partial charge is 0.504 e. The number of thioether (sulfide) groups is 1. The molecule has 0 aliphatic carbocycles. The Hall–Kier alpha value is -4.94. The average Bonchev–Trinajstić information content (AvgIpc) is 3.80. The summed E-state index contributed by atoms with van der Waals surface area (Å²) in [4.78, 5) is 29.8. The van der Waals surface area contributed by atoms with Crippen molar-refractivity contribution in [3.8, 4) is 34.8 Å². The molecule has 7 atom stereocenters. The number of hydrogen-bond acceptors (Lipinski definition) is 14. The maximum absolute atomic E-state index is 14.7. The zero-order valence-electron chi connectivity index (χ0n) is 30.1. The highest BCUT2D eigenvalue weighted by Gasteiger charge is 2.60. The minimum atomic E-state index is -1.35. The summed E-state index contributed by atoms with van der Waals surface area (Å²) in [5.74, 6) is 1.43. The van der Waals surface area contributed by atoms with E-state index in [4.69, 9.17) is 28.1 Å². The summed E-state index contributed by atoms with van der Waals surface area (Å²) in [5, 5.41) is 30.7. The molecule has 278 valence electrons. The molecule has 0 amide bonds. The Morgan fingerprint density at radius 3 is 2.74 bits per heavy atom. The normalized spacial score (nSPS) is 29.1. The number of aryl methyl sites for hydroxylation is 1. The lowest BCUT2D eigenvalue weighted by Gasteiger charge is -2.59. The Morgan fingerprint density at radius 1 is 1.13 bits per heavy atom. The van der Waals surface area contributed by atoms with Crippen LogP contribution < -0.4 is 29.6 Å². The Bertz CT molecular complexity index is 2350. The van der Waals surface area contributed by atoms with Crippen LogP contribution in [0.25, 0.3) is 11.0 Å². The van der Waals surface area contributed by atoms with E-state index in [1.807, 2.05) is 44.2 Å². The molecule has 7 aliphatic heterocycles. The molecule has 0 radical (unpaired) electrons. The third kappa shape index (κ3) is 4.43. The number of carbonyl (C=O) groups excluding carboxylic acids is 2. The molecule has 14 heteroatoms. The van der Waals surface area contributed by atoms with Gasteiger partial charge >= 0.3 is 11.9 Å². The van der Waals surface area contributed by atoms with Gasteiger partial charge in [0.25, 0.3) is 0 Å². The minimum Gasteiger partial charge on any atom is -0.504 e. The van der Waals surface area contributed by atoms with Gasteiger partial charge in [-0.3, -0.25) is 15.0 Å². The van der Waals surface area contributed by atoms with Crippen LogP contribution in [-0.4, -0.2) is 72.9 Å². The quantitative estimate of drug-likeness (QED) is 0.191. The molecule has 1 spiro atoms. The highest BCUT2D eigenvalue weighted by molar-refractivity contribution is 7.99. The zero-order valence-corrected chi connectivity index (χ0v) is 30.9. The lowest BCUT2D eigenvalue weighted by Crippen LogP contribution is -2.69. The molecule has 54 heavy (non-hydrogen) atoms. The Morgan fingerprint density at radius 2 is 1.94 bits per heavy atom. The van der Waals surface area contributed by atoms with Gasteiger partial charge in [-0.05, 0) is 43.9 Å². The first-order valence-corrected chi connectivity index (χ1v) is 19.2. The summed E-state index contributed by atoms with van der Waals surface area (Å²) >= 11 is 1.50. The SMILES string of the molecule is COc1c(C)cc2c(c1O)[C@H]1N[C@@H](C2)[C@H](C#N)N2[C@H]1[C@@H]1SC[C@]3(NCCc4c3oc3ccccc43)C(=O)OC[C@H]2c2c3c(c(C)c(OC(C)=O)c21)OCO3. The molecule has 0 saturated carbocycles. The molecule has 2 fully saturated rings. The van der Waals surface area contributed by atoms with Crippen LogP contribution in [0.2, 0.25) is 0 Å². The second-order valence-electron chi connectivity index (χ2n) is 14.9. The van der Waals surface area contributed by atoms with Gasteiger partial charge in [-0.15, -0.1) is 11.8 Å². The van der Waals surface area contributed by atoms with Gasteiger partial charge in [0, 0.05) is 64.5 Å². The number of fused-ring (bicyclic) bond motifs is 11. The van der Waals surface area contributed by atoms with Crippen LogP contribution in [0.1, 0.15) is 69.0 Å². The number of aromatic hydroxyl groups is 1. The molecular weight excluding hydrogens is 713 g/mol. The number of methoxy groups -OCH3 is 1. The van der Waals surface area contributed by atoms with Crippen LogP contribution in [0.3, 0.4) is 0 Å². The highest BCUT2D eigenvalue weighted by atomic mass is 32.2. The molecular formula is C40H38N4O9S. The van der Waals surface area contributed by atoms with Crippen molar-refractivity contribution in [2.45, 2.75) is 74.6 Å². The van der Waals surface area contributed by atoms with E-state index in [0.29, 0.717) is 76.0 Å². The molecule has 13 nitrogen and oxygen atoms in total. The predicted molar refractivity (Wildman–Crippen MR) is 195 cm³/mol. The van der Waals surface area contributed by atoms with Crippen molar-refractivity contribution in [2.24, 2.45) is 0 Å². The lowest BCUT2D eigenvalue weighted by molar-refractivity contribution is -0.156. The standard InChI is InChI=1S/C40H38N4O9S/c1-17-11-20-12-23-24(13-41)44-25-14-49-39(47)40(38-22(9-10-42-40)21-7-5-6-8-26(21)53-38)15-54-37(31(44)30(43-23)27(20)32(46)33(17)48-4)29-28(25)36-35(50-16-51-36)18(2)34(29)52-19(3)45/h5-8,11,23-25,30-31,37,42-43,46H,9-10,12,14-16H2,1-4H3/t23-,24-,25-,30+,31+,37+,40+/m0/s1. The van der Waals surface area contributed by atoms with Crippen molar-refractivity contribution in [1.82, 2.24) is 15.5 Å². The van der Waals surface area contributed by atoms with Crippen molar-refractivity contribution in [3.05, 3.63) is 75.0 Å². The summed E-state index contributed by atoms with van der Waals surface area (Å²) < 4.78 is 37.0. The summed E-state index contributed by atoms with van der Waals surface area (Å²) in [6.45, 7) is 5.43. The van der Waals surface area contributed by atoms with E-state index in [0.717, 1.165) is 22.1 Å². The highest BCUT2D eigenvalue weighted by Crippen LogP contribution is 2.63. The molecule has 3 N–H and O–H groups in total. The van der Waals surface area contributed by atoms with Gasteiger partial charge in [0.15, 0.2) is 28.5 Å². The van der Waals surface area contributed by atoms with Gasteiger partial charge in [-0.25, -0.2) is 4.79 Å². The number of nitriles is 1. The number of phenolic OH excluding ortho intramolecular Hbond substituents is 1. The number of hydrogen-bond donors (Lipinski definition) is 3. The third-order valence-electron chi connectivity index (χ3n) is 12.1. The number of phenols is 1. The van der Waals surface area contributed by atoms with Crippen molar-refractivity contribution in [1.29, 1.82) is 5.26 Å². The number of rotatable bonds is 2. The molecule has 7 aliphatic rings. The minimum absolute atomic E-state index is 0.0443. The van der Waals surface area contributed by atoms with E-state index in [1.165, 1.54) is 25.8 Å². The molecule has 2 saturated heterocycles. The number of nitrogens with one attached hydrogen (secondary N) is 2. The first kappa shape index (κ1) is 33.6. The van der Waals surface area contributed by atoms with Crippen molar-refractivity contribution < 1.29 is 42.8 Å². The van der Waals surface area contributed by atoms with Crippen LogP contribution in [0, 0.1) is 25.2 Å². The molecule has 8 heterocycles. The van der Waals surface area contributed by atoms with Crippen molar-refractivity contribution in [3.63, 3.8) is 0 Å². The Labute approximate surface area is 314 Å². The number of ether oxygens (including phenoxy) is 5. The summed E-state index contributed by atoms with van der Waals surface area (Å²) in [6, 6.07) is 9.68. The molecule has 0 unspecified atom stereocenters. The average molecular weight is 751 g/mol. The number of furan rings is 1. The first-order valence-electron chi connectivity index (χ1n) is 18.2. The second kappa shape index (κ2) is 12.0. The van der Waals surface area contributed by atoms with Crippen LogP contribution in [-0.2, 0) is 32.7 Å². The number of nitrogens with zero attached hydrogens (tertiary/aromatic N) is 2. The van der Waals surface area contributed by atoms with Crippen molar-refractivity contribution >= 4 is 34.7 Å². The molecule has 3 aromatic carbocycles. The van der Waals surface area contributed by atoms with E-state index in [2.05, 4.69) is 21.6 Å². The first-order chi connectivity index (χ1) is 26.2. The number of benzene rings is 3. The van der Waals surface area contributed by atoms with E-state index in [-0.39, 0.29) is 30.9 Å². The third-order valence-corrected chi connectivity index (χ3v) is 13.6. The molecule has 4 aromatic rings. The maximum atomic E-state index is 14.7. The fourth-order valence-corrected chi connectivity index (χ4v) is 11.7. The van der Waals surface area contributed by atoms with E-state index in [1.54, 1.807) is 0 Å². The zero-order chi connectivity index (χ0) is 37.2. The number of carbonyl (C=O) groups is 2. The van der Waals surface area contributed by atoms with Gasteiger partial charge in [-0.1, -0.05) is 24.3 Å². The van der Waals surface area contributed by atoms with Gasteiger partial charge in [0.05, 0.1) is 30.5 Å². The van der Waals surface area contributed by atoms with Crippen LogP contribution >= 0.6 is 11.8 Å². The predicted octanol–water partition coefficient (Wildman–Crippen LogP) is 4.68. The topological polar surface area (TPSA) is 165 Å². The van der Waals surface area contributed by atoms with Crippen LogP contribution in [0.4, 0.5) is 0 Å². The van der Waals surface area contributed by atoms with E-state index >= 15 is 0 Å². The maximum Gasteiger partial charge on any atom is 0.335 e. The van der Waals surface area contributed by atoms with E-state index in [9.17, 15) is 20.0 Å². The number of para-hydroxylation sites is 1. The monoisotopic (exact) mass is 750 g/mol. The lowest BCUT2D eigenvalue weighted by atomic mass is 9.72. The smallest absolute Gasteiger partial charge is 0.335 e. The Balaban J connectivity index is 1.24. The van der Waals surface area contributed by atoms with Gasteiger partial charge in [-0.2, -0.15) is 5.26 Å². The second-order valence-corrected chi connectivity index (χ2v) is 16.0. The summed E-state index contributed by atoms with van der Waals surface area (Å²) in [5.41, 5.74) is 4.71. The molecule has 1 aromatic heterocycles. The van der Waals surface area contributed by atoms with Crippen LogP contribution in [0.5, 0.6) is 28.7 Å². The van der Waals surface area contributed by atoms with Gasteiger partial charge in [0.2, 0.25) is 6.79 Å². The molecule has 11 rings (SSSR count). The van der Waals surface area contributed by atoms with E-state index < -0.39 is 46.9 Å². The van der Waals surface area contributed by atoms with Gasteiger partial charge < -0.3 is 38.5 Å². The fraction of sp³-hybridized carbons (Fsp3) is 0.425. The fourth-order valence-electron chi connectivity index (χ4n) is 10.0. The number of esters is 2. The number of piperazine rings is 1. The van der Waals surface area contributed by atoms with Crippen LogP contribution in [0.15, 0.2) is 34.7 Å². The Kier molecular flexibility index (Phi) is 7.49. The summed E-state index contributed by atoms with van der Waals surface area (Å²) in [6.07, 6.45) is 1.15. The van der Waals surface area contributed by atoms with Crippen molar-refractivity contribution in [2.75, 3.05) is 32.8 Å². The summed E-state index contributed by atoms with van der Waals surface area (Å²) in [7, 11) is 1.54.